The predicted octanol–water partition coefficient (Wildman–Crippen LogP) is 1.27. The summed E-state index contributed by atoms with van der Waals surface area (Å²) in [6.45, 7) is 5.75. The summed E-state index contributed by atoms with van der Waals surface area (Å²) in [6, 6.07) is 6.07. The van der Waals surface area contributed by atoms with Crippen molar-refractivity contribution in [2.45, 2.75) is 13.0 Å². The van der Waals surface area contributed by atoms with E-state index in [0.717, 1.165) is 35.4 Å². The average Bonchev–Trinajstić information content (AvgIpc) is 2.44. The standard InChI is InChI=1S/C15H23BrN4O/c1-11-7-12(3-4-14(11)16)18-15(21)10-20-6-5-19(2)9-13(20)8-17/h3-4,7,13H,5-6,8-10,17H2,1-2H3,(H,18,21). The third-order valence-corrected chi connectivity index (χ3v) is 4.76. The van der Waals surface area contributed by atoms with Crippen molar-refractivity contribution in [2.24, 2.45) is 5.73 Å². The van der Waals surface area contributed by atoms with E-state index in [2.05, 4.69) is 38.1 Å². The molecule has 3 N–H and O–H groups in total. The van der Waals surface area contributed by atoms with Gasteiger partial charge in [0.25, 0.3) is 0 Å². The van der Waals surface area contributed by atoms with Gasteiger partial charge in [0.2, 0.25) is 5.91 Å². The first-order valence-corrected chi connectivity index (χ1v) is 7.97. The van der Waals surface area contributed by atoms with Crippen LogP contribution >= 0.6 is 15.9 Å². The van der Waals surface area contributed by atoms with E-state index in [1.54, 1.807) is 0 Å². The molecule has 1 amide bonds. The molecule has 2 rings (SSSR count). The Kier molecular flexibility index (Phi) is 5.75. The first-order valence-electron chi connectivity index (χ1n) is 7.18. The monoisotopic (exact) mass is 354 g/mol. The van der Waals surface area contributed by atoms with Crippen LogP contribution in [-0.2, 0) is 4.79 Å². The number of likely N-dealkylation sites (N-methyl/N-ethyl adjacent to an activating group) is 1. The summed E-state index contributed by atoms with van der Waals surface area (Å²) < 4.78 is 1.04. The molecule has 1 aliphatic rings. The van der Waals surface area contributed by atoms with E-state index in [1.165, 1.54) is 0 Å². The van der Waals surface area contributed by atoms with Gasteiger partial charge >= 0.3 is 0 Å². The molecule has 6 heteroatoms. The minimum absolute atomic E-state index is 0.0136. The molecule has 0 bridgehead atoms. The number of amides is 1. The number of piperazine rings is 1. The quantitative estimate of drug-likeness (QED) is 0.854. The second-order valence-electron chi connectivity index (χ2n) is 5.63. The lowest BCUT2D eigenvalue weighted by Gasteiger charge is -2.39. The Hall–Kier alpha value is -0.950. The highest BCUT2D eigenvalue weighted by atomic mass is 79.9. The van der Waals surface area contributed by atoms with Gasteiger partial charge in [0, 0.05) is 42.4 Å². The van der Waals surface area contributed by atoms with Crippen LogP contribution in [0.25, 0.3) is 0 Å². The van der Waals surface area contributed by atoms with Crippen molar-refractivity contribution in [1.82, 2.24) is 9.80 Å². The number of nitrogens with zero attached hydrogens (tertiary/aromatic N) is 2. The molecule has 0 radical (unpaired) electrons. The summed E-state index contributed by atoms with van der Waals surface area (Å²) in [5.41, 5.74) is 7.75. The van der Waals surface area contributed by atoms with Gasteiger partial charge in [-0.25, -0.2) is 0 Å². The Balaban J connectivity index is 1.93. The molecule has 1 atom stereocenters. The van der Waals surface area contributed by atoms with Crippen LogP contribution in [0.3, 0.4) is 0 Å². The van der Waals surface area contributed by atoms with Gasteiger partial charge < -0.3 is 16.0 Å². The fourth-order valence-corrected chi connectivity index (χ4v) is 2.83. The van der Waals surface area contributed by atoms with Crippen LogP contribution < -0.4 is 11.1 Å². The van der Waals surface area contributed by atoms with E-state index in [-0.39, 0.29) is 11.9 Å². The lowest BCUT2D eigenvalue weighted by atomic mass is 10.1. The van der Waals surface area contributed by atoms with Crippen molar-refractivity contribution < 1.29 is 4.79 Å². The first-order chi connectivity index (χ1) is 9.99. The Morgan fingerprint density at radius 1 is 1.48 bits per heavy atom. The fraction of sp³-hybridized carbons (Fsp3) is 0.533. The molecule has 1 saturated heterocycles. The minimum Gasteiger partial charge on any atom is -0.329 e. The first kappa shape index (κ1) is 16.4. The molecule has 0 aliphatic carbocycles. The van der Waals surface area contributed by atoms with Crippen LogP contribution in [0.15, 0.2) is 22.7 Å². The van der Waals surface area contributed by atoms with Crippen LogP contribution in [0.2, 0.25) is 0 Å². The third kappa shape index (κ3) is 4.51. The Labute approximate surface area is 134 Å². The van der Waals surface area contributed by atoms with Crippen LogP contribution in [0.5, 0.6) is 0 Å². The van der Waals surface area contributed by atoms with Gasteiger partial charge in [0.1, 0.15) is 0 Å². The second-order valence-corrected chi connectivity index (χ2v) is 6.49. The number of carbonyl (C=O) groups excluding carboxylic acids is 1. The second kappa shape index (κ2) is 7.35. The summed E-state index contributed by atoms with van der Waals surface area (Å²) in [6.07, 6.45) is 0. The number of nitrogens with two attached hydrogens (primary N) is 1. The van der Waals surface area contributed by atoms with Gasteiger partial charge in [-0.1, -0.05) is 15.9 Å². The molecular weight excluding hydrogens is 332 g/mol. The zero-order valence-electron chi connectivity index (χ0n) is 12.6. The van der Waals surface area contributed by atoms with Crippen molar-refractivity contribution in [3.63, 3.8) is 0 Å². The van der Waals surface area contributed by atoms with Crippen LogP contribution in [0, 0.1) is 6.92 Å². The molecule has 1 heterocycles. The SMILES string of the molecule is Cc1cc(NC(=O)CN2CCN(C)CC2CN)ccc1Br. The molecule has 0 saturated carbocycles. The lowest BCUT2D eigenvalue weighted by molar-refractivity contribution is -0.118. The molecule has 1 fully saturated rings. The molecular formula is C15H23BrN4O. The van der Waals surface area contributed by atoms with Gasteiger partial charge in [0.05, 0.1) is 6.54 Å². The molecule has 0 aromatic heterocycles. The van der Waals surface area contributed by atoms with Crippen molar-refractivity contribution in [3.05, 3.63) is 28.2 Å². The van der Waals surface area contributed by atoms with Gasteiger partial charge in [-0.15, -0.1) is 0 Å². The number of carbonyl (C=O) groups is 1. The Bertz CT molecular complexity index is 508. The molecule has 1 aliphatic heterocycles. The van der Waals surface area contributed by atoms with Crippen LogP contribution in [-0.4, -0.2) is 61.5 Å². The molecule has 1 unspecified atom stereocenters. The number of halogens is 1. The number of anilines is 1. The molecule has 21 heavy (non-hydrogen) atoms. The number of hydrogen-bond acceptors (Lipinski definition) is 4. The number of aryl methyl sites for hydroxylation is 1. The highest BCUT2D eigenvalue weighted by molar-refractivity contribution is 9.10. The van der Waals surface area contributed by atoms with Crippen LogP contribution in [0.4, 0.5) is 5.69 Å². The van der Waals surface area contributed by atoms with Gasteiger partial charge in [-0.3, -0.25) is 9.69 Å². The normalized spacial score (nSPS) is 20.5. The Morgan fingerprint density at radius 3 is 2.90 bits per heavy atom. The van der Waals surface area contributed by atoms with Crippen molar-refractivity contribution in [1.29, 1.82) is 0 Å². The lowest BCUT2D eigenvalue weighted by Crippen LogP contribution is -2.56. The van der Waals surface area contributed by atoms with Gasteiger partial charge in [-0.05, 0) is 37.7 Å². The molecule has 116 valence electrons. The van der Waals surface area contributed by atoms with Crippen molar-refractivity contribution >= 4 is 27.5 Å². The predicted molar refractivity (Wildman–Crippen MR) is 89.4 cm³/mol. The van der Waals surface area contributed by atoms with E-state index >= 15 is 0 Å². The fourth-order valence-electron chi connectivity index (χ4n) is 2.59. The maximum Gasteiger partial charge on any atom is 0.238 e. The van der Waals surface area contributed by atoms with E-state index in [1.807, 2.05) is 25.1 Å². The number of rotatable bonds is 4. The molecule has 5 nitrogen and oxygen atoms in total. The maximum absolute atomic E-state index is 12.2. The molecule has 0 spiro atoms. The minimum atomic E-state index is 0.0136. The summed E-state index contributed by atoms with van der Waals surface area (Å²) in [5.74, 6) is 0.0136. The topological polar surface area (TPSA) is 61.6 Å². The van der Waals surface area contributed by atoms with Crippen LogP contribution in [0.1, 0.15) is 5.56 Å². The number of nitrogens with one attached hydrogen (secondary N) is 1. The van der Waals surface area contributed by atoms with E-state index in [0.29, 0.717) is 13.1 Å². The third-order valence-electron chi connectivity index (χ3n) is 3.87. The zero-order chi connectivity index (χ0) is 15.4. The van der Waals surface area contributed by atoms with E-state index in [4.69, 9.17) is 5.73 Å². The zero-order valence-corrected chi connectivity index (χ0v) is 14.2. The summed E-state index contributed by atoms with van der Waals surface area (Å²) >= 11 is 3.46. The summed E-state index contributed by atoms with van der Waals surface area (Å²) in [7, 11) is 2.09. The van der Waals surface area contributed by atoms with E-state index < -0.39 is 0 Å². The van der Waals surface area contributed by atoms with Crippen molar-refractivity contribution in [2.75, 3.05) is 45.1 Å². The smallest absolute Gasteiger partial charge is 0.238 e. The summed E-state index contributed by atoms with van der Waals surface area (Å²) in [5, 5.41) is 2.96. The summed E-state index contributed by atoms with van der Waals surface area (Å²) in [4.78, 5) is 16.6. The van der Waals surface area contributed by atoms with Gasteiger partial charge in [-0.2, -0.15) is 0 Å². The highest BCUT2D eigenvalue weighted by Gasteiger charge is 2.25. The number of benzene rings is 1. The average molecular weight is 355 g/mol. The highest BCUT2D eigenvalue weighted by Crippen LogP contribution is 2.20. The van der Waals surface area contributed by atoms with Crippen molar-refractivity contribution in [3.8, 4) is 0 Å². The molecule has 1 aromatic carbocycles. The Morgan fingerprint density at radius 2 is 2.24 bits per heavy atom. The molecule has 1 aromatic rings. The van der Waals surface area contributed by atoms with Gasteiger partial charge in [0.15, 0.2) is 0 Å². The number of hydrogen-bond donors (Lipinski definition) is 2. The largest absolute Gasteiger partial charge is 0.329 e. The maximum atomic E-state index is 12.2. The van der Waals surface area contributed by atoms with E-state index in [9.17, 15) is 4.79 Å².